The number of thioether (sulfide) groups is 1. The van der Waals surface area contributed by atoms with E-state index < -0.39 is 11.9 Å². The molecule has 0 fully saturated rings. The summed E-state index contributed by atoms with van der Waals surface area (Å²) in [6.07, 6.45) is 1.67. The molecular weight excluding hydrogens is 534 g/mol. The predicted molar refractivity (Wildman–Crippen MR) is 141 cm³/mol. The number of aliphatic hydroxyl groups excluding tert-OH is 1. The van der Waals surface area contributed by atoms with Crippen LogP contribution in [0.1, 0.15) is 42.3 Å². The number of aliphatic hydroxyl groups is 1. The molecule has 1 amide bonds. The monoisotopic (exact) mass is 559 g/mol. The average Bonchev–Trinajstić information content (AvgIpc) is 3.12. The number of benzene rings is 2. The molecule has 0 saturated heterocycles. The molecule has 3 rings (SSSR count). The molecule has 0 atom stereocenters. The molecule has 0 spiro atoms. The molecule has 1 aliphatic rings. The lowest BCUT2D eigenvalue weighted by atomic mass is 10.1. The number of ether oxygens (including phenoxy) is 3. The maximum atomic E-state index is 12.8. The molecule has 7 nitrogen and oxygen atoms in total. The molecule has 35 heavy (non-hydrogen) atoms. The van der Waals surface area contributed by atoms with E-state index in [1.54, 1.807) is 49.4 Å². The highest BCUT2D eigenvalue weighted by Crippen LogP contribution is 2.42. The largest absolute Gasteiger partial charge is 0.506 e. The van der Waals surface area contributed by atoms with Crippen LogP contribution in [0, 0.1) is 6.92 Å². The van der Waals surface area contributed by atoms with E-state index in [2.05, 4.69) is 20.9 Å². The van der Waals surface area contributed by atoms with Crippen LogP contribution in [-0.2, 0) is 9.53 Å². The second-order valence-corrected chi connectivity index (χ2v) is 9.21. The molecule has 1 N–H and O–H groups in total. The van der Waals surface area contributed by atoms with Gasteiger partial charge >= 0.3 is 5.97 Å². The van der Waals surface area contributed by atoms with Gasteiger partial charge in [-0.15, -0.1) is 0 Å². The molecule has 0 aromatic heterocycles. The van der Waals surface area contributed by atoms with Gasteiger partial charge in [-0.1, -0.05) is 29.5 Å². The molecule has 0 aliphatic carbocycles. The molecule has 1 heterocycles. The molecule has 0 saturated carbocycles. The van der Waals surface area contributed by atoms with E-state index in [1.807, 2.05) is 20.8 Å². The lowest BCUT2D eigenvalue weighted by Crippen LogP contribution is -2.14. The standard InChI is InChI=1S/C26H26BrNO6S/c1-5-32-19-14-20(33-6-2)18(27)12-17(19)13-21-23(29)22(26(31)34-7-3)25(35-21)28-24(30)16-10-8-15(4)9-11-16/h8-14,29H,5-7H2,1-4H3/b21-13-,28-25?. The Labute approximate surface area is 217 Å². The fourth-order valence-corrected chi connectivity index (χ4v) is 4.67. The summed E-state index contributed by atoms with van der Waals surface area (Å²) in [4.78, 5) is 29.9. The first-order valence-electron chi connectivity index (χ1n) is 11.1. The lowest BCUT2D eigenvalue weighted by molar-refractivity contribution is -0.138. The van der Waals surface area contributed by atoms with Crippen molar-refractivity contribution in [1.82, 2.24) is 0 Å². The molecule has 2 aromatic rings. The van der Waals surface area contributed by atoms with E-state index in [4.69, 9.17) is 14.2 Å². The van der Waals surface area contributed by atoms with Gasteiger partial charge in [0, 0.05) is 17.2 Å². The quantitative estimate of drug-likeness (QED) is 0.381. The summed E-state index contributed by atoms with van der Waals surface area (Å²) in [5.74, 6) is -0.429. The summed E-state index contributed by atoms with van der Waals surface area (Å²) in [7, 11) is 0. The van der Waals surface area contributed by atoms with Gasteiger partial charge in [0.05, 0.1) is 29.2 Å². The SMILES string of the molecule is CCOC(=O)C1=C(O)/C(=C/c2cc(Br)c(OCC)cc2OCC)SC1=NC(=O)c1ccc(C)cc1. The molecule has 9 heteroatoms. The van der Waals surface area contributed by atoms with Gasteiger partial charge < -0.3 is 19.3 Å². The fraction of sp³-hybridized carbons (Fsp3) is 0.269. The molecule has 184 valence electrons. The highest BCUT2D eigenvalue weighted by Gasteiger charge is 2.34. The summed E-state index contributed by atoms with van der Waals surface area (Å²) >= 11 is 4.51. The zero-order valence-electron chi connectivity index (χ0n) is 19.9. The lowest BCUT2D eigenvalue weighted by Gasteiger charge is -2.13. The van der Waals surface area contributed by atoms with E-state index in [-0.39, 0.29) is 23.0 Å². The van der Waals surface area contributed by atoms with Crippen molar-refractivity contribution in [2.24, 2.45) is 4.99 Å². The highest BCUT2D eigenvalue weighted by atomic mass is 79.9. The van der Waals surface area contributed by atoms with Gasteiger partial charge in [-0.3, -0.25) is 4.79 Å². The zero-order valence-corrected chi connectivity index (χ0v) is 22.3. The van der Waals surface area contributed by atoms with Gasteiger partial charge in [-0.05, 0) is 67.9 Å². The zero-order chi connectivity index (χ0) is 25.5. The number of rotatable bonds is 8. The van der Waals surface area contributed by atoms with Crippen molar-refractivity contribution >= 4 is 50.7 Å². The van der Waals surface area contributed by atoms with E-state index in [0.29, 0.717) is 45.2 Å². The van der Waals surface area contributed by atoms with Gasteiger partial charge in [-0.25, -0.2) is 9.79 Å². The van der Waals surface area contributed by atoms with Crippen LogP contribution >= 0.6 is 27.7 Å². The molecule has 0 bridgehead atoms. The maximum absolute atomic E-state index is 12.8. The molecule has 0 radical (unpaired) electrons. The summed E-state index contributed by atoms with van der Waals surface area (Å²) in [5, 5.41) is 11.0. The molecule has 0 unspecified atom stereocenters. The number of aryl methyl sites for hydroxylation is 1. The van der Waals surface area contributed by atoms with Crippen LogP contribution in [0.5, 0.6) is 11.5 Å². The second kappa shape index (κ2) is 12.1. The molecule has 1 aliphatic heterocycles. The van der Waals surface area contributed by atoms with Gasteiger partial charge in [-0.2, -0.15) is 0 Å². The van der Waals surface area contributed by atoms with Crippen LogP contribution in [0.25, 0.3) is 6.08 Å². The number of halogens is 1. The number of esters is 1. The Morgan fingerprint density at radius 2 is 1.69 bits per heavy atom. The van der Waals surface area contributed by atoms with Gasteiger partial charge in [0.15, 0.2) is 0 Å². The number of aliphatic imine (C=N–C) groups is 1. The van der Waals surface area contributed by atoms with Crippen LogP contribution in [-0.4, -0.2) is 41.8 Å². The van der Waals surface area contributed by atoms with Crippen molar-refractivity contribution in [2.75, 3.05) is 19.8 Å². The first kappa shape index (κ1) is 26.6. The van der Waals surface area contributed by atoms with E-state index in [0.717, 1.165) is 17.3 Å². The van der Waals surface area contributed by atoms with Gasteiger partial charge in [0.25, 0.3) is 5.91 Å². The summed E-state index contributed by atoms with van der Waals surface area (Å²) < 4.78 is 17.2. The Hall–Kier alpha value is -3.04. The Balaban J connectivity index is 2.06. The summed E-state index contributed by atoms with van der Waals surface area (Å²) in [6.45, 7) is 8.34. The maximum Gasteiger partial charge on any atom is 0.344 e. The summed E-state index contributed by atoms with van der Waals surface area (Å²) in [6, 6.07) is 10.5. The smallest absolute Gasteiger partial charge is 0.344 e. The van der Waals surface area contributed by atoms with E-state index in [1.165, 1.54) is 0 Å². The number of nitrogens with zero attached hydrogens (tertiary/aromatic N) is 1. The number of hydrogen-bond donors (Lipinski definition) is 1. The third kappa shape index (κ3) is 6.35. The number of carbonyl (C=O) groups is 2. The van der Waals surface area contributed by atoms with Crippen molar-refractivity contribution < 1.29 is 28.9 Å². The Morgan fingerprint density at radius 3 is 2.31 bits per heavy atom. The van der Waals surface area contributed by atoms with Crippen molar-refractivity contribution in [3.63, 3.8) is 0 Å². The Morgan fingerprint density at radius 1 is 1.03 bits per heavy atom. The minimum absolute atomic E-state index is 0.0701. The van der Waals surface area contributed by atoms with Crippen LogP contribution in [0.3, 0.4) is 0 Å². The van der Waals surface area contributed by atoms with Gasteiger partial charge in [0.2, 0.25) is 0 Å². The molecular formula is C26H26BrNO6S. The Kier molecular flexibility index (Phi) is 9.17. The molecule has 2 aromatic carbocycles. The average molecular weight is 560 g/mol. The Bertz CT molecular complexity index is 1220. The first-order valence-corrected chi connectivity index (χ1v) is 12.7. The topological polar surface area (TPSA) is 94.4 Å². The van der Waals surface area contributed by atoms with E-state index in [9.17, 15) is 14.7 Å². The van der Waals surface area contributed by atoms with Crippen molar-refractivity contribution in [1.29, 1.82) is 0 Å². The van der Waals surface area contributed by atoms with Crippen LogP contribution in [0.2, 0.25) is 0 Å². The van der Waals surface area contributed by atoms with Crippen LogP contribution < -0.4 is 9.47 Å². The third-order valence-electron chi connectivity index (χ3n) is 4.82. The normalized spacial score (nSPS) is 15.6. The first-order chi connectivity index (χ1) is 16.8. The third-order valence-corrected chi connectivity index (χ3v) is 6.46. The number of amides is 1. The highest BCUT2D eigenvalue weighted by molar-refractivity contribution is 9.10. The second-order valence-electron chi connectivity index (χ2n) is 7.33. The fourth-order valence-electron chi connectivity index (χ4n) is 3.20. The number of carbonyl (C=O) groups excluding carboxylic acids is 2. The van der Waals surface area contributed by atoms with Crippen molar-refractivity contribution in [2.45, 2.75) is 27.7 Å². The minimum Gasteiger partial charge on any atom is -0.506 e. The predicted octanol–water partition coefficient (Wildman–Crippen LogP) is 6.26. The van der Waals surface area contributed by atoms with Crippen LogP contribution in [0.4, 0.5) is 0 Å². The van der Waals surface area contributed by atoms with Crippen molar-refractivity contribution in [3.05, 3.63) is 73.8 Å². The van der Waals surface area contributed by atoms with E-state index >= 15 is 0 Å². The number of hydrogen-bond acceptors (Lipinski definition) is 7. The summed E-state index contributed by atoms with van der Waals surface area (Å²) in [5.41, 5.74) is 1.88. The van der Waals surface area contributed by atoms with Crippen LogP contribution in [0.15, 0.2) is 62.1 Å². The van der Waals surface area contributed by atoms with Gasteiger partial charge in [0.1, 0.15) is 27.9 Å². The van der Waals surface area contributed by atoms with Crippen molar-refractivity contribution in [3.8, 4) is 11.5 Å². The minimum atomic E-state index is -0.755.